The predicted octanol–water partition coefficient (Wildman–Crippen LogP) is 1.96. The van der Waals surface area contributed by atoms with E-state index < -0.39 is 0 Å². The molecular weight excluding hydrogens is 242 g/mol. The second-order valence-corrected chi connectivity index (χ2v) is 4.87. The van der Waals surface area contributed by atoms with E-state index in [-0.39, 0.29) is 12.0 Å². The highest BCUT2D eigenvalue weighted by Gasteiger charge is 2.18. The number of benzene rings is 1. The van der Waals surface area contributed by atoms with Gasteiger partial charge < -0.3 is 10.1 Å². The fraction of sp³-hybridized carbons (Fsp3) is 0.429. The highest BCUT2D eigenvalue weighted by Crippen LogP contribution is 2.28. The highest BCUT2D eigenvalue weighted by atomic mass is 16.5. The first-order valence-corrected chi connectivity index (χ1v) is 6.58. The zero-order valence-corrected chi connectivity index (χ0v) is 11.1. The van der Waals surface area contributed by atoms with Gasteiger partial charge in [0.2, 0.25) is 5.91 Å². The van der Waals surface area contributed by atoms with Crippen LogP contribution in [0.4, 0.5) is 0 Å². The van der Waals surface area contributed by atoms with Gasteiger partial charge in [-0.2, -0.15) is 5.10 Å². The predicted molar refractivity (Wildman–Crippen MR) is 72.4 cm³/mol. The number of nitrogens with one attached hydrogen (secondary N) is 1. The van der Waals surface area contributed by atoms with E-state index in [0.717, 1.165) is 41.7 Å². The Morgan fingerprint density at radius 1 is 1.58 bits per heavy atom. The van der Waals surface area contributed by atoms with Crippen LogP contribution >= 0.6 is 0 Å². The van der Waals surface area contributed by atoms with Gasteiger partial charge >= 0.3 is 0 Å². The minimum Gasteiger partial charge on any atom is -0.489 e. The summed E-state index contributed by atoms with van der Waals surface area (Å²) in [5, 5.41) is 8.47. The van der Waals surface area contributed by atoms with Crippen molar-refractivity contribution in [2.75, 3.05) is 6.54 Å². The Bertz CT molecular complexity index is 633. The molecule has 5 heteroatoms. The first-order valence-electron chi connectivity index (χ1n) is 6.58. The molecule has 5 nitrogen and oxygen atoms in total. The van der Waals surface area contributed by atoms with E-state index in [1.165, 1.54) is 11.6 Å². The number of ether oxygens (including phenoxy) is 1. The second-order valence-electron chi connectivity index (χ2n) is 4.87. The van der Waals surface area contributed by atoms with Crippen molar-refractivity contribution in [1.82, 2.24) is 15.1 Å². The van der Waals surface area contributed by atoms with Crippen molar-refractivity contribution in [3.8, 4) is 5.75 Å². The molecule has 1 aromatic heterocycles. The molecular formula is C14H17N3O2. The number of carbonyl (C=O) groups excluding carboxylic acids is 1. The van der Waals surface area contributed by atoms with E-state index in [1.54, 1.807) is 6.20 Å². The summed E-state index contributed by atoms with van der Waals surface area (Å²) in [5.41, 5.74) is 1.93. The summed E-state index contributed by atoms with van der Waals surface area (Å²) < 4.78 is 7.42. The average molecular weight is 259 g/mol. The normalized spacial score (nSPS) is 18.7. The van der Waals surface area contributed by atoms with Crippen LogP contribution in [-0.4, -0.2) is 28.3 Å². The Hall–Kier alpha value is -1.88. The van der Waals surface area contributed by atoms with E-state index in [4.69, 9.17) is 4.74 Å². The lowest BCUT2D eigenvalue weighted by molar-refractivity contribution is 0.0927. The molecule has 0 fully saturated rings. The molecule has 0 saturated carbocycles. The summed E-state index contributed by atoms with van der Waals surface area (Å²) in [4.78, 5) is 11.5. The number of hydrogen-bond acceptors (Lipinski definition) is 4. The maximum absolute atomic E-state index is 11.5. The SMILES string of the molecule is CCC1CNCc2cc3cnn(C(C)=O)c3cc2O1. The molecule has 19 heavy (non-hydrogen) atoms. The minimum atomic E-state index is -0.0891. The highest BCUT2D eigenvalue weighted by molar-refractivity contribution is 5.91. The third-order valence-electron chi connectivity index (χ3n) is 3.48. The molecule has 1 unspecified atom stereocenters. The molecule has 1 atom stereocenters. The topological polar surface area (TPSA) is 56.2 Å². The number of fused-ring (bicyclic) bond motifs is 2. The first-order chi connectivity index (χ1) is 9.19. The lowest BCUT2D eigenvalue weighted by Gasteiger charge is -2.15. The van der Waals surface area contributed by atoms with Gasteiger partial charge in [0.1, 0.15) is 11.9 Å². The van der Waals surface area contributed by atoms with Crippen molar-refractivity contribution in [1.29, 1.82) is 0 Å². The van der Waals surface area contributed by atoms with E-state index >= 15 is 0 Å². The fourth-order valence-corrected chi connectivity index (χ4v) is 2.42. The number of rotatable bonds is 1. The second kappa shape index (κ2) is 4.66. The third-order valence-corrected chi connectivity index (χ3v) is 3.48. The van der Waals surface area contributed by atoms with Crippen molar-refractivity contribution < 1.29 is 9.53 Å². The van der Waals surface area contributed by atoms with Gasteiger partial charge in [0.05, 0.1) is 11.7 Å². The summed E-state index contributed by atoms with van der Waals surface area (Å²) in [6, 6.07) is 3.97. The summed E-state index contributed by atoms with van der Waals surface area (Å²) in [6.45, 7) is 5.25. The average Bonchev–Trinajstić information content (AvgIpc) is 2.68. The number of nitrogens with zero attached hydrogens (tertiary/aromatic N) is 2. The Balaban J connectivity index is 2.12. The quantitative estimate of drug-likeness (QED) is 0.850. The molecule has 100 valence electrons. The first kappa shape index (κ1) is 12.2. The monoisotopic (exact) mass is 259 g/mol. The van der Waals surface area contributed by atoms with Crippen molar-refractivity contribution >= 4 is 16.8 Å². The Kier molecular flexibility index (Phi) is 2.98. The Labute approximate surface area is 111 Å². The summed E-state index contributed by atoms with van der Waals surface area (Å²) in [5.74, 6) is 0.765. The van der Waals surface area contributed by atoms with Gasteiger partial charge in [-0.05, 0) is 12.5 Å². The molecule has 3 rings (SSSR count). The molecule has 0 radical (unpaired) electrons. The van der Waals surface area contributed by atoms with E-state index in [9.17, 15) is 4.79 Å². The van der Waals surface area contributed by atoms with Crippen LogP contribution in [-0.2, 0) is 6.54 Å². The van der Waals surface area contributed by atoms with Crippen LogP contribution in [0.25, 0.3) is 10.9 Å². The fourth-order valence-electron chi connectivity index (χ4n) is 2.42. The molecule has 1 aromatic carbocycles. The van der Waals surface area contributed by atoms with Crippen LogP contribution in [0, 0.1) is 0 Å². The van der Waals surface area contributed by atoms with Gasteiger partial charge in [-0.1, -0.05) is 6.92 Å². The lowest BCUT2D eigenvalue weighted by Crippen LogP contribution is -2.27. The van der Waals surface area contributed by atoms with Gasteiger partial charge in [0, 0.05) is 37.0 Å². The molecule has 1 aliphatic heterocycles. The third kappa shape index (κ3) is 2.10. The molecule has 1 N–H and O–H groups in total. The zero-order valence-electron chi connectivity index (χ0n) is 11.1. The van der Waals surface area contributed by atoms with Gasteiger partial charge in [0.25, 0.3) is 0 Å². The Morgan fingerprint density at radius 2 is 2.42 bits per heavy atom. The van der Waals surface area contributed by atoms with Crippen molar-refractivity contribution in [2.45, 2.75) is 32.9 Å². The van der Waals surface area contributed by atoms with Gasteiger partial charge in [-0.3, -0.25) is 4.79 Å². The van der Waals surface area contributed by atoms with E-state index in [2.05, 4.69) is 17.3 Å². The zero-order chi connectivity index (χ0) is 13.4. The number of carbonyl (C=O) groups is 1. The maximum Gasteiger partial charge on any atom is 0.244 e. The Morgan fingerprint density at radius 3 is 3.16 bits per heavy atom. The van der Waals surface area contributed by atoms with Crippen LogP contribution in [0.1, 0.15) is 30.6 Å². The number of hydrogen-bond donors (Lipinski definition) is 1. The molecule has 1 aliphatic rings. The molecule has 0 spiro atoms. The van der Waals surface area contributed by atoms with Crippen molar-refractivity contribution in [3.63, 3.8) is 0 Å². The van der Waals surface area contributed by atoms with E-state index in [1.807, 2.05) is 12.1 Å². The van der Waals surface area contributed by atoms with Crippen LogP contribution in [0.2, 0.25) is 0 Å². The molecule has 0 amide bonds. The van der Waals surface area contributed by atoms with Gasteiger partial charge in [0.15, 0.2) is 0 Å². The summed E-state index contributed by atoms with van der Waals surface area (Å²) >= 11 is 0. The van der Waals surface area contributed by atoms with Crippen molar-refractivity contribution in [3.05, 3.63) is 23.9 Å². The summed E-state index contributed by atoms with van der Waals surface area (Å²) in [6.07, 6.45) is 2.85. The van der Waals surface area contributed by atoms with Crippen LogP contribution in [0.5, 0.6) is 5.75 Å². The molecule has 0 aliphatic carbocycles. The maximum atomic E-state index is 11.5. The number of aromatic nitrogens is 2. The summed E-state index contributed by atoms with van der Waals surface area (Å²) in [7, 11) is 0. The van der Waals surface area contributed by atoms with Gasteiger partial charge in [-0.15, -0.1) is 0 Å². The van der Waals surface area contributed by atoms with E-state index in [0.29, 0.717) is 0 Å². The van der Waals surface area contributed by atoms with Crippen LogP contribution in [0.3, 0.4) is 0 Å². The molecule has 0 saturated heterocycles. The van der Waals surface area contributed by atoms with Gasteiger partial charge in [-0.25, -0.2) is 4.68 Å². The minimum absolute atomic E-state index is 0.0891. The van der Waals surface area contributed by atoms with Crippen LogP contribution in [0.15, 0.2) is 18.3 Å². The molecule has 2 heterocycles. The molecule has 0 bridgehead atoms. The van der Waals surface area contributed by atoms with Crippen LogP contribution < -0.4 is 10.1 Å². The molecule has 2 aromatic rings. The van der Waals surface area contributed by atoms with Crippen molar-refractivity contribution in [2.24, 2.45) is 0 Å². The standard InChI is InChI=1S/C14H17N3O2/c1-3-12-8-15-6-11-4-10-7-16-17(9(2)18)13(10)5-14(11)19-12/h4-5,7,12,15H,3,6,8H2,1-2H3. The lowest BCUT2D eigenvalue weighted by atomic mass is 10.1. The largest absolute Gasteiger partial charge is 0.489 e. The smallest absolute Gasteiger partial charge is 0.244 e.